The smallest absolute Gasteiger partial charge is 0.137 e. The second kappa shape index (κ2) is 8.42. The van der Waals surface area contributed by atoms with Crippen molar-refractivity contribution in [1.82, 2.24) is 5.32 Å². The Labute approximate surface area is 132 Å². The summed E-state index contributed by atoms with van der Waals surface area (Å²) < 4.78 is 0. The van der Waals surface area contributed by atoms with Crippen LogP contribution in [0.5, 0.6) is 0 Å². The molecule has 1 saturated carbocycles. The van der Waals surface area contributed by atoms with Gasteiger partial charge < -0.3 is 15.5 Å². The Kier molecular flexibility index (Phi) is 6.55. The Balaban J connectivity index is 1.72. The van der Waals surface area contributed by atoms with E-state index >= 15 is 0 Å². The molecule has 0 saturated heterocycles. The van der Waals surface area contributed by atoms with Crippen LogP contribution < -0.4 is 5.32 Å². The molecule has 1 aliphatic carbocycles. The summed E-state index contributed by atoms with van der Waals surface area (Å²) >= 11 is 0. The fraction of sp³-hybridized carbons (Fsp3) is 0.611. The van der Waals surface area contributed by atoms with Gasteiger partial charge in [0, 0.05) is 24.9 Å². The number of aliphatic hydroxyl groups excluding tert-OH is 2. The number of ketones is 1. The molecule has 4 unspecified atom stereocenters. The second-order valence-corrected chi connectivity index (χ2v) is 6.33. The zero-order valence-electron chi connectivity index (χ0n) is 13.2. The van der Waals surface area contributed by atoms with Crippen molar-refractivity contribution in [3.8, 4) is 0 Å². The lowest BCUT2D eigenvalue weighted by Crippen LogP contribution is -2.35. The topological polar surface area (TPSA) is 69.6 Å². The molecule has 0 spiro atoms. The van der Waals surface area contributed by atoms with Gasteiger partial charge in [-0.3, -0.25) is 4.79 Å². The molecule has 22 heavy (non-hydrogen) atoms. The molecule has 4 nitrogen and oxygen atoms in total. The molecule has 1 fully saturated rings. The lowest BCUT2D eigenvalue weighted by Gasteiger charge is -2.25. The van der Waals surface area contributed by atoms with Crippen molar-refractivity contribution >= 4 is 5.78 Å². The van der Waals surface area contributed by atoms with Gasteiger partial charge in [0.1, 0.15) is 5.78 Å². The first-order valence-corrected chi connectivity index (χ1v) is 8.25. The molecule has 0 bridgehead atoms. The van der Waals surface area contributed by atoms with E-state index in [4.69, 9.17) is 0 Å². The Bertz CT molecular complexity index is 463. The Morgan fingerprint density at radius 1 is 1.32 bits per heavy atom. The normalized spacial score (nSPS) is 24.7. The van der Waals surface area contributed by atoms with Gasteiger partial charge in [-0.25, -0.2) is 0 Å². The fourth-order valence-corrected chi connectivity index (χ4v) is 3.13. The van der Waals surface area contributed by atoms with Crippen LogP contribution in [0.3, 0.4) is 0 Å². The number of rotatable bonds is 7. The summed E-state index contributed by atoms with van der Waals surface area (Å²) in [5.41, 5.74) is 0.879. The maximum atomic E-state index is 12.2. The minimum atomic E-state index is -0.576. The maximum absolute atomic E-state index is 12.2. The molecule has 1 aromatic carbocycles. The van der Waals surface area contributed by atoms with Crippen LogP contribution in [-0.4, -0.2) is 34.7 Å². The van der Waals surface area contributed by atoms with Crippen molar-refractivity contribution in [2.24, 2.45) is 5.92 Å². The minimum Gasteiger partial charge on any atom is -0.393 e. The summed E-state index contributed by atoms with van der Waals surface area (Å²) in [6, 6.07) is 9.43. The van der Waals surface area contributed by atoms with E-state index in [2.05, 4.69) is 5.32 Å². The van der Waals surface area contributed by atoms with Crippen LogP contribution in [0.1, 0.15) is 50.7 Å². The van der Waals surface area contributed by atoms with Gasteiger partial charge >= 0.3 is 0 Å². The first kappa shape index (κ1) is 17.1. The molecular formula is C18H27NO3. The van der Waals surface area contributed by atoms with Crippen molar-refractivity contribution in [3.63, 3.8) is 0 Å². The number of hydrogen-bond donors (Lipinski definition) is 3. The van der Waals surface area contributed by atoms with E-state index in [-0.39, 0.29) is 23.8 Å². The molecule has 122 valence electrons. The van der Waals surface area contributed by atoms with E-state index in [9.17, 15) is 15.0 Å². The van der Waals surface area contributed by atoms with Crippen LogP contribution >= 0.6 is 0 Å². The molecular weight excluding hydrogens is 278 g/mol. The van der Waals surface area contributed by atoms with Gasteiger partial charge in [0.05, 0.1) is 12.2 Å². The third-order valence-corrected chi connectivity index (χ3v) is 4.55. The first-order valence-electron chi connectivity index (χ1n) is 8.25. The monoisotopic (exact) mass is 305 g/mol. The molecule has 3 N–H and O–H groups in total. The lowest BCUT2D eigenvalue weighted by atomic mass is 9.83. The zero-order valence-corrected chi connectivity index (χ0v) is 13.2. The van der Waals surface area contributed by atoms with Crippen LogP contribution in [0, 0.1) is 5.92 Å². The summed E-state index contributed by atoms with van der Waals surface area (Å²) in [7, 11) is 0. The molecule has 4 heteroatoms. The minimum absolute atomic E-state index is 0.0138. The molecule has 1 aromatic rings. The van der Waals surface area contributed by atoms with Crippen molar-refractivity contribution in [2.75, 3.05) is 6.54 Å². The van der Waals surface area contributed by atoms with Gasteiger partial charge in [0.25, 0.3) is 0 Å². The standard InChI is InChI=1S/C18H27NO3/c1-13(18(22)14-6-3-2-4-7-14)19-11-10-17(21)15-8-5-9-16(20)12-15/h2-4,6-7,13,15-16,18-20,22H,5,8-12H2,1H3. The second-order valence-electron chi connectivity index (χ2n) is 6.33. The Morgan fingerprint density at radius 2 is 2.05 bits per heavy atom. The predicted molar refractivity (Wildman–Crippen MR) is 86.5 cm³/mol. The van der Waals surface area contributed by atoms with E-state index in [0.717, 1.165) is 24.8 Å². The molecule has 2 rings (SSSR count). The molecule has 0 aliphatic heterocycles. The van der Waals surface area contributed by atoms with E-state index in [1.165, 1.54) is 0 Å². The van der Waals surface area contributed by atoms with Crippen LogP contribution in [-0.2, 0) is 4.79 Å². The summed E-state index contributed by atoms with van der Waals surface area (Å²) in [5.74, 6) is 0.243. The highest BCUT2D eigenvalue weighted by Crippen LogP contribution is 2.25. The van der Waals surface area contributed by atoms with E-state index < -0.39 is 6.10 Å². The average Bonchev–Trinajstić information content (AvgIpc) is 2.54. The molecule has 0 aromatic heterocycles. The molecule has 1 aliphatic rings. The van der Waals surface area contributed by atoms with Crippen LogP contribution in [0.4, 0.5) is 0 Å². The number of benzene rings is 1. The summed E-state index contributed by atoms with van der Waals surface area (Å²) in [5, 5.41) is 23.1. The van der Waals surface area contributed by atoms with Gasteiger partial charge in [-0.2, -0.15) is 0 Å². The van der Waals surface area contributed by atoms with Gasteiger partial charge in [-0.15, -0.1) is 0 Å². The largest absolute Gasteiger partial charge is 0.393 e. The van der Waals surface area contributed by atoms with Gasteiger partial charge in [0.15, 0.2) is 0 Å². The number of hydrogen-bond acceptors (Lipinski definition) is 4. The van der Waals surface area contributed by atoms with Crippen molar-refractivity contribution in [2.45, 2.75) is 57.3 Å². The highest BCUT2D eigenvalue weighted by molar-refractivity contribution is 5.81. The predicted octanol–water partition coefficient (Wildman–Crippen LogP) is 2.21. The number of aliphatic hydroxyl groups is 2. The maximum Gasteiger partial charge on any atom is 0.137 e. The van der Waals surface area contributed by atoms with E-state index in [0.29, 0.717) is 19.4 Å². The van der Waals surface area contributed by atoms with Gasteiger partial charge in [-0.1, -0.05) is 36.8 Å². The average molecular weight is 305 g/mol. The third kappa shape index (κ3) is 4.90. The van der Waals surface area contributed by atoms with Crippen LogP contribution in [0.2, 0.25) is 0 Å². The number of carbonyl (C=O) groups is 1. The highest BCUT2D eigenvalue weighted by Gasteiger charge is 2.25. The van der Waals surface area contributed by atoms with Gasteiger partial charge in [-0.05, 0) is 31.7 Å². The number of nitrogens with one attached hydrogen (secondary N) is 1. The highest BCUT2D eigenvalue weighted by atomic mass is 16.3. The number of Topliss-reactive ketones (excluding diaryl/α,β-unsaturated/α-hetero) is 1. The first-order chi connectivity index (χ1) is 10.6. The Hall–Kier alpha value is -1.23. The SMILES string of the molecule is CC(NCCC(=O)C1CCCC(O)C1)C(O)c1ccccc1. The molecule has 0 radical (unpaired) electrons. The fourth-order valence-electron chi connectivity index (χ4n) is 3.13. The molecule has 0 amide bonds. The van der Waals surface area contributed by atoms with Crippen molar-refractivity contribution in [1.29, 1.82) is 0 Å². The quantitative estimate of drug-likeness (QED) is 0.722. The van der Waals surface area contributed by atoms with Crippen LogP contribution in [0.15, 0.2) is 30.3 Å². The van der Waals surface area contributed by atoms with E-state index in [1.54, 1.807) is 0 Å². The number of carbonyl (C=O) groups excluding carboxylic acids is 1. The third-order valence-electron chi connectivity index (χ3n) is 4.55. The summed E-state index contributed by atoms with van der Waals surface area (Å²) in [6.07, 6.45) is 2.85. The van der Waals surface area contributed by atoms with Crippen molar-refractivity contribution in [3.05, 3.63) is 35.9 Å². The summed E-state index contributed by atoms with van der Waals surface area (Å²) in [4.78, 5) is 12.2. The lowest BCUT2D eigenvalue weighted by molar-refractivity contribution is -0.125. The van der Waals surface area contributed by atoms with Crippen LogP contribution in [0.25, 0.3) is 0 Å². The summed E-state index contributed by atoms with van der Waals surface area (Å²) in [6.45, 7) is 2.49. The zero-order chi connectivity index (χ0) is 15.9. The van der Waals surface area contributed by atoms with E-state index in [1.807, 2.05) is 37.3 Å². The van der Waals surface area contributed by atoms with Gasteiger partial charge in [0.2, 0.25) is 0 Å². The van der Waals surface area contributed by atoms with Crippen molar-refractivity contribution < 1.29 is 15.0 Å². The molecule has 4 atom stereocenters. The Morgan fingerprint density at radius 3 is 2.73 bits per heavy atom. The molecule has 0 heterocycles.